The highest BCUT2D eigenvalue weighted by atomic mass is 19.4. The van der Waals surface area contributed by atoms with Crippen LogP contribution in [0, 0.1) is 0 Å². The summed E-state index contributed by atoms with van der Waals surface area (Å²) in [5.41, 5.74) is 3.81. The lowest BCUT2D eigenvalue weighted by Crippen LogP contribution is -2.47. The van der Waals surface area contributed by atoms with E-state index in [-0.39, 0.29) is 31.6 Å². The molecular formula is C10H17F3N2O. The number of ether oxygens (including phenoxy) is 1. The first kappa shape index (κ1) is 12.1. The highest BCUT2D eigenvalue weighted by Crippen LogP contribution is 2.48. The zero-order valence-electron chi connectivity index (χ0n) is 9.02. The average Bonchev–Trinajstić information content (AvgIpc) is 2.88. The minimum atomic E-state index is -4.14. The minimum Gasteiger partial charge on any atom is -0.372 e. The second-order valence-electron chi connectivity index (χ2n) is 4.65. The van der Waals surface area contributed by atoms with Crippen molar-refractivity contribution in [2.24, 2.45) is 5.73 Å². The normalized spacial score (nSPS) is 33.0. The molecule has 3 N–H and O–H groups in total. The van der Waals surface area contributed by atoms with Crippen molar-refractivity contribution >= 4 is 0 Å². The lowest BCUT2D eigenvalue weighted by atomic mass is 10.2. The molecule has 3 nitrogen and oxygen atoms in total. The van der Waals surface area contributed by atoms with E-state index in [0.29, 0.717) is 6.54 Å². The second-order valence-corrected chi connectivity index (χ2v) is 4.65. The summed E-state index contributed by atoms with van der Waals surface area (Å²) in [5.74, 6) is 0. The van der Waals surface area contributed by atoms with Crippen LogP contribution in [0.1, 0.15) is 25.7 Å². The Morgan fingerprint density at radius 3 is 2.31 bits per heavy atom. The summed E-state index contributed by atoms with van der Waals surface area (Å²) < 4.78 is 43.3. The Morgan fingerprint density at radius 1 is 1.25 bits per heavy atom. The molecule has 2 unspecified atom stereocenters. The summed E-state index contributed by atoms with van der Waals surface area (Å²) >= 11 is 0. The van der Waals surface area contributed by atoms with Crippen molar-refractivity contribution in [2.45, 2.75) is 49.6 Å². The van der Waals surface area contributed by atoms with Crippen LogP contribution in [0.3, 0.4) is 0 Å². The Labute approximate surface area is 92.5 Å². The monoisotopic (exact) mass is 238 g/mol. The van der Waals surface area contributed by atoms with E-state index >= 15 is 0 Å². The van der Waals surface area contributed by atoms with Crippen LogP contribution in [-0.4, -0.2) is 37.0 Å². The molecule has 2 rings (SSSR count). The molecule has 0 radical (unpaired) electrons. The predicted octanol–water partition coefficient (Wildman–Crippen LogP) is 1.18. The molecule has 2 fully saturated rings. The molecular weight excluding hydrogens is 221 g/mol. The molecule has 0 aromatic heterocycles. The molecule has 2 aliphatic rings. The molecule has 94 valence electrons. The third-order valence-corrected chi connectivity index (χ3v) is 3.42. The standard InChI is InChI=1S/C10H17F3N2O/c11-10(12,13)9(3-4-9)15-6-8-2-1-7(5-14)16-8/h7-8,15H,1-6,14H2. The number of rotatable bonds is 4. The van der Waals surface area contributed by atoms with Crippen molar-refractivity contribution in [2.75, 3.05) is 13.1 Å². The summed E-state index contributed by atoms with van der Waals surface area (Å²) in [6, 6.07) is 0. The van der Waals surface area contributed by atoms with Crippen LogP contribution in [0.25, 0.3) is 0 Å². The van der Waals surface area contributed by atoms with Crippen LogP contribution in [-0.2, 0) is 4.74 Å². The SMILES string of the molecule is NCC1CCC(CNC2(C(F)(F)F)CC2)O1. The van der Waals surface area contributed by atoms with Crippen LogP contribution in [0.15, 0.2) is 0 Å². The molecule has 1 aliphatic heterocycles. The molecule has 6 heteroatoms. The second kappa shape index (κ2) is 4.16. The molecule has 0 aromatic carbocycles. The van der Waals surface area contributed by atoms with Gasteiger partial charge in [-0.15, -0.1) is 0 Å². The molecule has 1 heterocycles. The Bertz CT molecular complexity index is 253. The van der Waals surface area contributed by atoms with Crippen molar-refractivity contribution in [1.29, 1.82) is 0 Å². The van der Waals surface area contributed by atoms with Gasteiger partial charge in [-0.3, -0.25) is 0 Å². The van der Waals surface area contributed by atoms with Crippen molar-refractivity contribution in [1.82, 2.24) is 5.32 Å². The predicted molar refractivity (Wildman–Crippen MR) is 53.0 cm³/mol. The lowest BCUT2D eigenvalue weighted by molar-refractivity contribution is -0.167. The molecule has 1 aliphatic carbocycles. The molecule has 2 atom stereocenters. The first-order valence-corrected chi connectivity index (χ1v) is 5.64. The number of nitrogens with two attached hydrogens (primary N) is 1. The maximum atomic E-state index is 12.6. The minimum absolute atomic E-state index is 0.0211. The van der Waals surface area contributed by atoms with Gasteiger partial charge < -0.3 is 15.8 Å². The van der Waals surface area contributed by atoms with Gasteiger partial charge in [0.05, 0.1) is 12.2 Å². The highest BCUT2D eigenvalue weighted by molar-refractivity contribution is 5.08. The number of hydrogen-bond donors (Lipinski definition) is 2. The van der Waals surface area contributed by atoms with E-state index in [1.807, 2.05) is 0 Å². The van der Waals surface area contributed by atoms with Crippen LogP contribution in [0.2, 0.25) is 0 Å². The molecule has 0 bridgehead atoms. The summed E-state index contributed by atoms with van der Waals surface area (Å²) in [6.45, 7) is 0.719. The summed E-state index contributed by atoms with van der Waals surface area (Å²) in [7, 11) is 0. The maximum Gasteiger partial charge on any atom is 0.406 e. The van der Waals surface area contributed by atoms with Gasteiger partial charge in [0.2, 0.25) is 0 Å². The van der Waals surface area contributed by atoms with Crippen molar-refractivity contribution in [3.8, 4) is 0 Å². The molecule has 0 spiro atoms. The van der Waals surface area contributed by atoms with Crippen LogP contribution < -0.4 is 11.1 Å². The largest absolute Gasteiger partial charge is 0.406 e. The number of alkyl halides is 3. The van der Waals surface area contributed by atoms with Crippen LogP contribution in [0.5, 0.6) is 0 Å². The van der Waals surface area contributed by atoms with E-state index in [0.717, 1.165) is 12.8 Å². The van der Waals surface area contributed by atoms with Crippen LogP contribution in [0.4, 0.5) is 13.2 Å². The van der Waals surface area contributed by atoms with Gasteiger partial charge in [-0.1, -0.05) is 0 Å². The third kappa shape index (κ3) is 2.33. The van der Waals surface area contributed by atoms with Gasteiger partial charge in [-0.05, 0) is 25.7 Å². The first-order valence-electron chi connectivity index (χ1n) is 5.64. The Balaban J connectivity index is 1.76. The number of nitrogens with one attached hydrogen (secondary N) is 1. The Kier molecular flexibility index (Phi) is 3.16. The van der Waals surface area contributed by atoms with E-state index in [9.17, 15) is 13.2 Å². The summed E-state index contributed by atoms with van der Waals surface area (Å²) in [4.78, 5) is 0. The van der Waals surface area contributed by atoms with Gasteiger partial charge in [-0.25, -0.2) is 0 Å². The van der Waals surface area contributed by atoms with E-state index in [2.05, 4.69) is 5.32 Å². The van der Waals surface area contributed by atoms with Gasteiger partial charge in [0, 0.05) is 13.1 Å². The van der Waals surface area contributed by atoms with E-state index < -0.39 is 11.7 Å². The van der Waals surface area contributed by atoms with Crippen molar-refractivity contribution in [3.63, 3.8) is 0 Å². The van der Waals surface area contributed by atoms with Crippen molar-refractivity contribution in [3.05, 3.63) is 0 Å². The Hall–Kier alpha value is -0.330. The maximum absolute atomic E-state index is 12.6. The van der Waals surface area contributed by atoms with Gasteiger partial charge in [0.1, 0.15) is 5.54 Å². The first-order chi connectivity index (χ1) is 7.47. The quantitative estimate of drug-likeness (QED) is 0.773. The topological polar surface area (TPSA) is 47.3 Å². The van der Waals surface area contributed by atoms with Gasteiger partial charge in [0.25, 0.3) is 0 Å². The van der Waals surface area contributed by atoms with E-state index in [1.165, 1.54) is 0 Å². The zero-order chi connectivity index (χ0) is 11.8. The van der Waals surface area contributed by atoms with Gasteiger partial charge in [-0.2, -0.15) is 13.2 Å². The lowest BCUT2D eigenvalue weighted by Gasteiger charge is -2.22. The fourth-order valence-electron chi connectivity index (χ4n) is 2.10. The third-order valence-electron chi connectivity index (χ3n) is 3.42. The number of hydrogen-bond acceptors (Lipinski definition) is 3. The molecule has 16 heavy (non-hydrogen) atoms. The molecule has 1 saturated heterocycles. The van der Waals surface area contributed by atoms with Crippen LogP contribution >= 0.6 is 0 Å². The molecule has 1 saturated carbocycles. The summed E-state index contributed by atoms with van der Waals surface area (Å²) in [6.07, 6.45) is -2.22. The van der Waals surface area contributed by atoms with Crippen molar-refractivity contribution < 1.29 is 17.9 Å². The fourth-order valence-corrected chi connectivity index (χ4v) is 2.10. The van der Waals surface area contributed by atoms with Gasteiger partial charge in [0.15, 0.2) is 0 Å². The fraction of sp³-hybridized carbons (Fsp3) is 1.00. The Morgan fingerprint density at radius 2 is 1.88 bits per heavy atom. The average molecular weight is 238 g/mol. The smallest absolute Gasteiger partial charge is 0.372 e. The van der Waals surface area contributed by atoms with E-state index in [4.69, 9.17) is 10.5 Å². The molecule has 0 amide bonds. The van der Waals surface area contributed by atoms with Gasteiger partial charge >= 0.3 is 6.18 Å². The zero-order valence-corrected chi connectivity index (χ0v) is 9.02. The number of halogens is 3. The highest BCUT2D eigenvalue weighted by Gasteiger charge is 2.63. The van der Waals surface area contributed by atoms with E-state index in [1.54, 1.807) is 0 Å². The summed E-state index contributed by atoms with van der Waals surface area (Å²) in [5, 5.41) is 2.61. The molecule has 0 aromatic rings.